The average Bonchev–Trinajstić information content (AvgIpc) is 2.33. The number of hydrogen-bond acceptors (Lipinski definition) is 4. The van der Waals surface area contributed by atoms with Crippen LogP contribution in [0.2, 0.25) is 0 Å². The fourth-order valence-corrected chi connectivity index (χ4v) is 1.45. The largest absolute Gasteiger partial charge is 0.454 e. The Morgan fingerprint density at radius 1 is 1.35 bits per heavy atom. The number of hydrogen-bond donors (Lipinski definition) is 2. The molecule has 0 atom stereocenters. The standard InChI is InChI=1S/C12H13N3O2/c13-5-4-9-2-1-3-10(6-9)17-11-7-14-12(16)15-8-11/h1-3,6-8H,4-5,13H2,(H,14,15,16). The summed E-state index contributed by atoms with van der Waals surface area (Å²) in [5.41, 5.74) is 6.21. The molecule has 1 heterocycles. The molecule has 5 nitrogen and oxygen atoms in total. The first-order valence-corrected chi connectivity index (χ1v) is 5.29. The van der Waals surface area contributed by atoms with Crippen LogP contribution < -0.4 is 16.2 Å². The highest BCUT2D eigenvalue weighted by atomic mass is 16.5. The van der Waals surface area contributed by atoms with Gasteiger partial charge < -0.3 is 15.5 Å². The van der Waals surface area contributed by atoms with Gasteiger partial charge in [-0.2, -0.15) is 4.98 Å². The molecule has 3 N–H and O–H groups in total. The van der Waals surface area contributed by atoms with Crippen molar-refractivity contribution in [2.24, 2.45) is 5.73 Å². The van der Waals surface area contributed by atoms with E-state index in [1.54, 1.807) is 0 Å². The van der Waals surface area contributed by atoms with Crippen molar-refractivity contribution in [3.05, 3.63) is 52.7 Å². The van der Waals surface area contributed by atoms with Gasteiger partial charge in [-0.15, -0.1) is 0 Å². The molecule has 0 amide bonds. The smallest absolute Gasteiger partial charge is 0.345 e. The van der Waals surface area contributed by atoms with E-state index in [0.29, 0.717) is 18.0 Å². The summed E-state index contributed by atoms with van der Waals surface area (Å²) < 4.78 is 5.55. The van der Waals surface area contributed by atoms with Gasteiger partial charge in [0, 0.05) is 0 Å². The molecule has 2 rings (SSSR count). The average molecular weight is 231 g/mol. The number of benzene rings is 1. The monoisotopic (exact) mass is 231 g/mol. The summed E-state index contributed by atoms with van der Waals surface area (Å²) in [5, 5.41) is 0. The number of aromatic amines is 1. The summed E-state index contributed by atoms with van der Waals surface area (Å²) in [7, 11) is 0. The van der Waals surface area contributed by atoms with E-state index in [1.165, 1.54) is 12.4 Å². The Bertz CT molecular complexity index is 531. The molecule has 2 aromatic rings. The van der Waals surface area contributed by atoms with Crippen molar-refractivity contribution in [3.63, 3.8) is 0 Å². The molecule has 5 heteroatoms. The second-order valence-electron chi connectivity index (χ2n) is 3.54. The van der Waals surface area contributed by atoms with Gasteiger partial charge in [-0.25, -0.2) is 4.79 Å². The van der Waals surface area contributed by atoms with Crippen LogP contribution in [0.4, 0.5) is 0 Å². The summed E-state index contributed by atoms with van der Waals surface area (Å²) >= 11 is 0. The van der Waals surface area contributed by atoms with Crippen LogP contribution in [0.25, 0.3) is 0 Å². The molecule has 0 fully saturated rings. The summed E-state index contributed by atoms with van der Waals surface area (Å²) in [4.78, 5) is 16.8. The van der Waals surface area contributed by atoms with Gasteiger partial charge in [0.05, 0.1) is 12.4 Å². The number of rotatable bonds is 4. The maximum Gasteiger partial charge on any atom is 0.345 e. The van der Waals surface area contributed by atoms with Crippen molar-refractivity contribution in [1.82, 2.24) is 9.97 Å². The van der Waals surface area contributed by atoms with Crippen molar-refractivity contribution in [1.29, 1.82) is 0 Å². The van der Waals surface area contributed by atoms with Crippen molar-refractivity contribution >= 4 is 0 Å². The van der Waals surface area contributed by atoms with Gasteiger partial charge in [0.25, 0.3) is 0 Å². The summed E-state index contributed by atoms with van der Waals surface area (Å²) in [6.07, 6.45) is 3.67. The maximum atomic E-state index is 10.8. The Balaban J connectivity index is 2.15. The highest BCUT2D eigenvalue weighted by molar-refractivity contribution is 5.32. The number of H-pyrrole nitrogens is 1. The highest BCUT2D eigenvalue weighted by Crippen LogP contribution is 2.20. The third kappa shape index (κ3) is 3.15. The minimum atomic E-state index is -0.394. The number of nitrogens with zero attached hydrogens (tertiary/aromatic N) is 1. The van der Waals surface area contributed by atoms with Crippen molar-refractivity contribution in [2.75, 3.05) is 6.54 Å². The lowest BCUT2D eigenvalue weighted by Crippen LogP contribution is -2.07. The predicted molar refractivity (Wildman–Crippen MR) is 64.1 cm³/mol. The van der Waals surface area contributed by atoms with Crippen molar-refractivity contribution in [3.8, 4) is 11.5 Å². The molecule has 0 aliphatic heterocycles. The second kappa shape index (κ2) is 5.27. The van der Waals surface area contributed by atoms with Crippen LogP contribution in [-0.2, 0) is 6.42 Å². The van der Waals surface area contributed by atoms with Gasteiger partial charge in [-0.3, -0.25) is 0 Å². The van der Waals surface area contributed by atoms with Crippen molar-refractivity contribution in [2.45, 2.75) is 6.42 Å². The molecule has 0 saturated carbocycles. The van der Waals surface area contributed by atoms with E-state index in [4.69, 9.17) is 10.5 Å². The van der Waals surface area contributed by atoms with Gasteiger partial charge in [0.1, 0.15) is 5.75 Å². The van der Waals surface area contributed by atoms with Crippen LogP contribution in [0, 0.1) is 0 Å². The first-order valence-electron chi connectivity index (χ1n) is 5.29. The normalized spacial score (nSPS) is 10.2. The second-order valence-corrected chi connectivity index (χ2v) is 3.54. The lowest BCUT2D eigenvalue weighted by molar-refractivity contribution is 0.476. The molecule has 0 radical (unpaired) electrons. The molecule has 0 spiro atoms. The van der Waals surface area contributed by atoms with Gasteiger partial charge in [0.2, 0.25) is 0 Å². The molecule has 1 aromatic carbocycles. The van der Waals surface area contributed by atoms with Crippen LogP contribution in [0.15, 0.2) is 41.5 Å². The molecular formula is C12H13N3O2. The fourth-order valence-electron chi connectivity index (χ4n) is 1.45. The molecule has 88 valence electrons. The molecule has 0 saturated heterocycles. The van der Waals surface area contributed by atoms with E-state index in [9.17, 15) is 4.79 Å². The summed E-state index contributed by atoms with van der Waals surface area (Å²) in [5.74, 6) is 1.19. The van der Waals surface area contributed by atoms with Crippen LogP contribution in [0.1, 0.15) is 5.56 Å². The third-order valence-corrected chi connectivity index (χ3v) is 2.21. The quantitative estimate of drug-likeness (QED) is 0.824. The van der Waals surface area contributed by atoms with E-state index >= 15 is 0 Å². The van der Waals surface area contributed by atoms with Crippen LogP contribution in [0.5, 0.6) is 11.5 Å². The predicted octanol–water partition coefficient (Wildman–Crippen LogP) is 1.06. The topological polar surface area (TPSA) is 81.0 Å². The molecule has 1 aromatic heterocycles. The lowest BCUT2D eigenvalue weighted by atomic mass is 10.1. The Hall–Kier alpha value is -2.14. The minimum Gasteiger partial charge on any atom is -0.454 e. The molecule has 0 aliphatic carbocycles. The number of ether oxygens (including phenoxy) is 1. The molecule has 0 bridgehead atoms. The Morgan fingerprint density at radius 2 is 2.24 bits per heavy atom. The van der Waals surface area contributed by atoms with E-state index in [2.05, 4.69) is 9.97 Å². The summed E-state index contributed by atoms with van der Waals surface area (Å²) in [6.45, 7) is 0.601. The first kappa shape index (κ1) is 11.3. The van der Waals surface area contributed by atoms with E-state index in [0.717, 1.165) is 12.0 Å². The summed E-state index contributed by atoms with van der Waals surface area (Å²) in [6, 6.07) is 7.65. The number of aromatic nitrogens is 2. The van der Waals surface area contributed by atoms with Gasteiger partial charge in [0.15, 0.2) is 5.75 Å². The zero-order valence-corrected chi connectivity index (χ0v) is 9.22. The van der Waals surface area contributed by atoms with E-state index in [1.807, 2.05) is 24.3 Å². The maximum absolute atomic E-state index is 10.8. The first-order chi connectivity index (χ1) is 8.28. The third-order valence-electron chi connectivity index (χ3n) is 2.21. The molecule has 17 heavy (non-hydrogen) atoms. The highest BCUT2D eigenvalue weighted by Gasteiger charge is 1.99. The van der Waals surface area contributed by atoms with Crippen molar-refractivity contribution < 1.29 is 4.74 Å². The zero-order chi connectivity index (χ0) is 12.1. The van der Waals surface area contributed by atoms with E-state index in [-0.39, 0.29) is 0 Å². The zero-order valence-electron chi connectivity index (χ0n) is 9.22. The molecule has 0 aliphatic rings. The van der Waals surface area contributed by atoms with Gasteiger partial charge >= 0.3 is 5.69 Å². The van der Waals surface area contributed by atoms with Gasteiger partial charge in [-0.05, 0) is 30.7 Å². The number of nitrogens with two attached hydrogens (primary N) is 1. The molecule has 0 unspecified atom stereocenters. The Morgan fingerprint density at radius 3 is 2.94 bits per heavy atom. The van der Waals surface area contributed by atoms with Crippen LogP contribution in [-0.4, -0.2) is 16.5 Å². The van der Waals surface area contributed by atoms with Gasteiger partial charge in [-0.1, -0.05) is 12.1 Å². The van der Waals surface area contributed by atoms with Crippen LogP contribution in [0.3, 0.4) is 0 Å². The number of nitrogens with one attached hydrogen (secondary N) is 1. The molecular weight excluding hydrogens is 218 g/mol. The fraction of sp³-hybridized carbons (Fsp3) is 0.167. The Kier molecular flexibility index (Phi) is 3.52. The van der Waals surface area contributed by atoms with Crippen LogP contribution >= 0.6 is 0 Å². The van der Waals surface area contributed by atoms with E-state index < -0.39 is 5.69 Å². The lowest BCUT2D eigenvalue weighted by Gasteiger charge is -2.06. The Labute approximate surface area is 98.3 Å². The minimum absolute atomic E-state index is 0.394. The SMILES string of the molecule is NCCc1cccc(Oc2cnc(=O)[nH]c2)c1.